The molecular weight excluding hydrogens is 216 g/mol. The number of pyridine rings is 1. The van der Waals surface area contributed by atoms with Gasteiger partial charge in [0, 0.05) is 18.0 Å². The maximum atomic E-state index is 5.68. The number of aromatic amines is 1. The predicted molar refractivity (Wildman–Crippen MR) is 64.1 cm³/mol. The van der Waals surface area contributed by atoms with Crippen LogP contribution in [0.25, 0.3) is 22.4 Å². The van der Waals surface area contributed by atoms with Crippen molar-refractivity contribution in [3.05, 3.63) is 30.4 Å². The van der Waals surface area contributed by atoms with E-state index in [9.17, 15) is 0 Å². The number of hydrogen-bond acceptors (Lipinski definition) is 5. The van der Waals surface area contributed by atoms with Crippen LogP contribution < -0.4 is 5.73 Å². The average molecular weight is 226 g/mol. The molecule has 0 saturated heterocycles. The minimum atomic E-state index is 0.218. The van der Waals surface area contributed by atoms with Gasteiger partial charge in [-0.2, -0.15) is 4.98 Å². The third-order valence-electron chi connectivity index (χ3n) is 2.58. The van der Waals surface area contributed by atoms with Crippen molar-refractivity contribution in [2.75, 3.05) is 5.73 Å². The molecule has 0 radical (unpaired) electrons. The summed E-state index contributed by atoms with van der Waals surface area (Å²) in [7, 11) is 0. The molecule has 0 aromatic carbocycles. The molecule has 6 heteroatoms. The van der Waals surface area contributed by atoms with Gasteiger partial charge in [-0.1, -0.05) is 0 Å². The topological polar surface area (TPSA) is 93.4 Å². The van der Waals surface area contributed by atoms with Crippen molar-refractivity contribution in [3.63, 3.8) is 0 Å². The molecule has 0 bridgehead atoms. The zero-order chi connectivity index (χ0) is 11.8. The number of aryl methyl sites for hydroxylation is 1. The molecule has 0 aliphatic rings. The Morgan fingerprint density at radius 1 is 1.29 bits per heavy atom. The van der Waals surface area contributed by atoms with E-state index < -0.39 is 0 Å². The average Bonchev–Trinajstić information content (AvgIpc) is 2.76. The summed E-state index contributed by atoms with van der Waals surface area (Å²) < 4.78 is 0. The van der Waals surface area contributed by atoms with Gasteiger partial charge in [-0.3, -0.25) is 4.98 Å². The Kier molecular flexibility index (Phi) is 2.01. The van der Waals surface area contributed by atoms with E-state index in [1.54, 1.807) is 18.7 Å². The maximum absolute atomic E-state index is 5.68. The zero-order valence-electron chi connectivity index (χ0n) is 9.18. The molecule has 84 valence electrons. The smallest absolute Gasteiger partial charge is 0.222 e. The third kappa shape index (κ3) is 1.50. The van der Waals surface area contributed by atoms with Gasteiger partial charge in [0.05, 0.1) is 6.33 Å². The van der Waals surface area contributed by atoms with E-state index in [1.807, 2.05) is 13.0 Å². The second-order valence-corrected chi connectivity index (χ2v) is 3.72. The van der Waals surface area contributed by atoms with Gasteiger partial charge in [0.15, 0.2) is 5.65 Å². The fourth-order valence-electron chi connectivity index (χ4n) is 1.78. The molecule has 3 aromatic rings. The number of anilines is 1. The number of nitrogens with two attached hydrogens (primary N) is 1. The first-order chi connectivity index (χ1) is 8.25. The highest BCUT2D eigenvalue weighted by molar-refractivity contribution is 5.88. The molecular formula is C11H10N6. The van der Waals surface area contributed by atoms with Crippen LogP contribution in [-0.4, -0.2) is 24.9 Å². The van der Waals surface area contributed by atoms with Crippen LogP contribution in [0.2, 0.25) is 0 Å². The highest BCUT2D eigenvalue weighted by Crippen LogP contribution is 2.26. The fourth-order valence-corrected chi connectivity index (χ4v) is 1.78. The van der Waals surface area contributed by atoms with Gasteiger partial charge in [-0.15, -0.1) is 0 Å². The van der Waals surface area contributed by atoms with Crippen molar-refractivity contribution < 1.29 is 0 Å². The van der Waals surface area contributed by atoms with Gasteiger partial charge >= 0.3 is 0 Å². The van der Waals surface area contributed by atoms with E-state index in [2.05, 4.69) is 24.9 Å². The molecule has 0 unspecified atom stereocenters. The first kappa shape index (κ1) is 9.71. The molecule has 0 aliphatic carbocycles. The van der Waals surface area contributed by atoms with Crippen molar-refractivity contribution in [1.29, 1.82) is 0 Å². The second-order valence-electron chi connectivity index (χ2n) is 3.72. The molecule has 3 heterocycles. The molecule has 6 nitrogen and oxygen atoms in total. The fraction of sp³-hybridized carbons (Fsp3) is 0.0909. The quantitative estimate of drug-likeness (QED) is 0.652. The number of rotatable bonds is 1. The number of nitrogen functional groups attached to an aromatic ring is 1. The van der Waals surface area contributed by atoms with Crippen LogP contribution in [0.4, 0.5) is 5.95 Å². The Bertz CT molecular complexity index is 687. The molecule has 3 aromatic heterocycles. The maximum Gasteiger partial charge on any atom is 0.222 e. The van der Waals surface area contributed by atoms with Gasteiger partial charge in [-0.25, -0.2) is 9.97 Å². The Morgan fingerprint density at radius 3 is 3.00 bits per heavy atom. The summed E-state index contributed by atoms with van der Waals surface area (Å²) in [6.07, 6.45) is 5.09. The lowest BCUT2D eigenvalue weighted by Gasteiger charge is -2.05. The Hall–Kier alpha value is -2.50. The van der Waals surface area contributed by atoms with Crippen LogP contribution in [0, 0.1) is 6.92 Å². The normalized spacial score (nSPS) is 10.9. The van der Waals surface area contributed by atoms with Crippen LogP contribution >= 0.6 is 0 Å². The summed E-state index contributed by atoms with van der Waals surface area (Å²) in [5, 5.41) is 0. The highest BCUT2D eigenvalue weighted by atomic mass is 15.1. The molecule has 0 saturated carbocycles. The third-order valence-corrected chi connectivity index (χ3v) is 2.58. The van der Waals surface area contributed by atoms with Crippen molar-refractivity contribution in [2.24, 2.45) is 0 Å². The Balaban J connectivity index is 2.37. The van der Waals surface area contributed by atoms with Crippen LogP contribution in [0.3, 0.4) is 0 Å². The van der Waals surface area contributed by atoms with Crippen molar-refractivity contribution in [1.82, 2.24) is 24.9 Å². The van der Waals surface area contributed by atoms with E-state index in [0.29, 0.717) is 5.65 Å². The molecule has 0 atom stereocenters. The summed E-state index contributed by atoms with van der Waals surface area (Å²) in [5.74, 6) is 0.218. The largest absolute Gasteiger partial charge is 0.368 e. The zero-order valence-corrected chi connectivity index (χ0v) is 9.18. The second kappa shape index (κ2) is 3.51. The molecule has 3 N–H and O–H groups in total. The van der Waals surface area contributed by atoms with E-state index in [1.165, 1.54) is 0 Å². The molecule has 17 heavy (non-hydrogen) atoms. The number of aromatic nitrogens is 5. The molecule has 0 fully saturated rings. The Morgan fingerprint density at radius 2 is 2.18 bits per heavy atom. The molecule has 0 amide bonds. The summed E-state index contributed by atoms with van der Waals surface area (Å²) in [4.78, 5) is 19.5. The van der Waals surface area contributed by atoms with Crippen LogP contribution in [0.5, 0.6) is 0 Å². The van der Waals surface area contributed by atoms with Crippen LogP contribution in [0.15, 0.2) is 24.8 Å². The predicted octanol–water partition coefficient (Wildman–Crippen LogP) is 1.31. The van der Waals surface area contributed by atoms with Crippen molar-refractivity contribution >= 4 is 17.1 Å². The number of nitrogens with zero attached hydrogens (tertiary/aromatic N) is 4. The first-order valence-corrected chi connectivity index (χ1v) is 5.13. The lowest BCUT2D eigenvalue weighted by molar-refractivity contribution is 1.20. The van der Waals surface area contributed by atoms with Gasteiger partial charge < -0.3 is 10.7 Å². The number of fused-ring (bicyclic) bond motifs is 1. The summed E-state index contributed by atoms with van der Waals surface area (Å²) >= 11 is 0. The lowest BCUT2D eigenvalue weighted by Crippen LogP contribution is -1.98. The number of H-pyrrole nitrogens is 1. The van der Waals surface area contributed by atoms with E-state index in [0.717, 1.165) is 22.3 Å². The van der Waals surface area contributed by atoms with E-state index >= 15 is 0 Å². The van der Waals surface area contributed by atoms with Crippen LogP contribution in [-0.2, 0) is 0 Å². The van der Waals surface area contributed by atoms with Gasteiger partial charge in [0.25, 0.3) is 0 Å². The van der Waals surface area contributed by atoms with Crippen molar-refractivity contribution in [3.8, 4) is 11.3 Å². The lowest BCUT2D eigenvalue weighted by atomic mass is 10.1. The van der Waals surface area contributed by atoms with Gasteiger partial charge in [-0.05, 0) is 18.6 Å². The highest BCUT2D eigenvalue weighted by Gasteiger charge is 2.12. The van der Waals surface area contributed by atoms with Gasteiger partial charge in [0.2, 0.25) is 5.95 Å². The number of imidazole rings is 1. The monoisotopic (exact) mass is 226 g/mol. The summed E-state index contributed by atoms with van der Waals surface area (Å²) in [6.45, 7) is 1.98. The summed E-state index contributed by atoms with van der Waals surface area (Å²) in [5.41, 5.74) is 9.80. The minimum absolute atomic E-state index is 0.218. The Labute approximate surface area is 97.0 Å². The minimum Gasteiger partial charge on any atom is -0.368 e. The standard InChI is InChI=1S/C11H10N6/c1-6-4-13-3-2-7(6)8-9-10(15-5-14-9)17-11(12)16-8/h2-5H,1H3,(H3,12,14,15,16,17). The van der Waals surface area contributed by atoms with E-state index in [-0.39, 0.29) is 5.95 Å². The molecule has 0 spiro atoms. The summed E-state index contributed by atoms with van der Waals surface area (Å²) in [6, 6.07) is 1.90. The number of nitrogens with one attached hydrogen (secondary N) is 1. The SMILES string of the molecule is Cc1cnccc1-c1nc(N)nc2nc[nH]c12. The molecule has 0 aliphatic heterocycles. The van der Waals surface area contributed by atoms with Crippen molar-refractivity contribution in [2.45, 2.75) is 6.92 Å². The first-order valence-electron chi connectivity index (χ1n) is 5.13. The van der Waals surface area contributed by atoms with E-state index in [4.69, 9.17) is 5.73 Å². The van der Waals surface area contributed by atoms with Gasteiger partial charge in [0.1, 0.15) is 11.2 Å². The molecule has 3 rings (SSSR count). The van der Waals surface area contributed by atoms with Crippen LogP contribution in [0.1, 0.15) is 5.56 Å². The number of hydrogen-bond donors (Lipinski definition) is 2.